The van der Waals surface area contributed by atoms with E-state index in [0.717, 1.165) is 11.1 Å². The van der Waals surface area contributed by atoms with Gasteiger partial charge in [-0.15, -0.1) is 0 Å². The second kappa shape index (κ2) is 4.07. The highest BCUT2D eigenvalue weighted by atomic mass is 15.3. The first-order valence-corrected chi connectivity index (χ1v) is 4.96. The van der Waals surface area contributed by atoms with Gasteiger partial charge in [-0.05, 0) is 30.2 Å². The zero-order valence-corrected chi connectivity index (χ0v) is 9.01. The van der Waals surface area contributed by atoms with Crippen molar-refractivity contribution in [3.63, 3.8) is 0 Å². The van der Waals surface area contributed by atoms with Crippen LogP contribution in [0.1, 0.15) is 16.7 Å². The molecular formula is C12H12N4. The summed E-state index contributed by atoms with van der Waals surface area (Å²) in [6, 6.07) is 7.76. The molecule has 1 aromatic heterocycles. The molecule has 0 fully saturated rings. The van der Waals surface area contributed by atoms with E-state index in [1.807, 2.05) is 25.1 Å². The van der Waals surface area contributed by atoms with E-state index < -0.39 is 0 Å². The largest absolute Gasteiger partial charge is 0.396 e. The number of nitriles is 1. The number of nitrogens with zero attached hydrogens (tertiary/aromatic N) is 3. The summed E-state index contributed by atoms with van der Waals surface area (Å²) in [6.45, 7) is 2.66. The van der Waals surface area contributed by atoms with Gasteiger partial charge in [-0.1, -0.05) is 6.07 Å². The molecule has 0 aliphatic rings. The van der Waals surface area contributed by atoms with E-state index in [2.05, 4.69) is 11.2 Å². The Morgan fingerprint density at radius 1 is 1.50 bits per heavy atom. The lowest BCUT2D eigenvalue weighted by Crippen LogP contribution is -2.02. The smallest absolute Gasteiger partial charge is 0.0991 e. The van der Waals surface area contributed by atoms with Crippen molar-refractivity contribution in [1.29, 1.82) is 5.26 Å². The van der Waals surface area contributed by atoms with E-state index in [9.17, 15) is 0 Å². The fraction of sp³-hybridized carbons (Fsp3) is 0.167. The summed E-state index contributed by atoms with van der Waals surface area (Å²) in [5.41, 5.74) is 9.16. The van der Waals surface area contributed by atoms with Crippen LogP contribution in [0.3, 0.4) is 0 Å². The van der Waals surface area contributed by atoms with Crippen LogP contribution in [-0.2, 0) is 6.54 Å². The van der Waals surface area contributed by atoms with Crippen LogP contribution in [0.4, 0.5) is 5.69 Å². The Balaban J connectivity index is 2.26. The molecule has 2 rings (SSSR count). The monoisotopic (exact) mass is 212 g/mol. The topological polar surface area (TPSA) is 67.6 Å². The molecule has 0 saturated carbocycles. The van der Waals surface area contributed by atoms with E-state index in [0.29, 0.717) is 17.8 Å². The average molecular weight is 212 g/mol. The Hall–Kier alpha value is -2.28. The molecule has 0 bridgehead atoms. The zero-order valence-electron chi connectivity index (χ0n) is 9.01. The predicted molar refractivity (Wildman–Crippen MR) is 61.6 cm³/mol. The minimum absolute atomic E-state index is 0.659. The van der Waals surface area contributed by atoms with Crippen molar-refractivity contribution in [1.82, 2.24) is 9.78 Å². The van der Waals surface area contributed by atoms with Gasteiger partial charge >= 0.3 is 0 Å². The number of anilines is 1. The fourth-order valence-corrected chi connectivity index (χ4v) is 1.58. The SMILES string of the molecule is Cc1cc(C#N)ccc1Cn1cc(N)cn1. The van der Waals surface area contributed by atoms with Gasteiger partial charge in [-0.25, -0.2) is 0 Å². The third-order valence-electron chi connectivity index (χ3n) is 2.46. The quantitative estimate of drug-likeness (QED) is 0.823. The number of benzene rings is 1. The molecule has 0 amide bonds. The second-order valence-electron chi connectivity index (χ2n) is 3.72. The number of aromatic nitrogens is 2. The predicted octanol–water partition coefficient (Wildman–Crippen LogP) is 1.69. The van der Waals surface area contributed by atoms with Crippen LogP contribution < -0.4 is 5.73 Å². The molecule has 16 heavy (non-hydrogen) atoms. The lowest BCUT2D eigenvalue weighted by molar-refractivity contribution is 0.684. The standard InChI is InChI=1S/C12H12N4/c1-9-4-10(5-13)2-3-11(9)7-16-8-12(14)6-15-16/h2-4,6,8H,7,14H2,1H3. The van der Waals surface area contributed by atoms with Crippen molar-refractivity contribution >= 4 is 5.69 Å². The van der Waals surface area contributed by atoms with Crippen LogP contribution in [0.2, 0.25) is 0 Å². The summed E-state index contributed by atoms with van der Waals surface area (Å²) in [7, 11) is 0. The molecule has 1 heterocycles. The molecule has 4 nitrogen and oxygen atoms in total. The van der Waals surface area contributed by atoms with E-state index in [1.165, 1.54) is 0 Å². The lowest BCUT2D eigenvalue weighted by atomic mass is 10.1. The first-order valence-electron chi connectivity index (χ1n) is 4.96. The lowest BCUT2D eigenvalue weighted by Gasteiger charge is -2.06. The Morgan fingerprint density at radius 3 is 2.88 bits per heavy atom. The first-order chi connectivity index (χ1) is 7.69. The molecule has 80 valence electrons. The van der Waals surface area contributed by atoms with Gasteiger partial charge in [0.2, 0.25) is 0 Å². The summed E-state index contributed by atoms with van der Waals surface area (Å²) in [6.07, 6.45) is 3.41. The number of nitrogens with two attached hydrogens (primary N) is 1. The Bertz CT molecular complexity index is 548. The third kappa shape index (κ3) is 2.04. The van der Waals surface area contributed by atoms with Crippen molar-refractivity contribution in [2.24, 2.45) is 0 Å². The molecule has 0 saturated heterocycles. The molecule has 0 radical (unpaired) electrons. The highest BCUT2D eigenvalue weighted by Gasteiger charge is 2.02. The van der Waals surface area contributed by atoms with Gasteiger partial charge in [-0.3, -0.25) is 4.68 Å². The number of rotatable bonds is 2. The van der Waals surface area contributed by atoms with Gasteiger partial charge in [0.05, 0.1) is 30.1 Å². The van der Waals surface area contributed by atoms with Crippen molar-refractivity contribution < 1.29 is 0 Å². The Morgan fingerprint density at radius 2 is 2.31 bits per heavy atom. The molecule has 4 heteroatoms. The van der Waals surface area contributed by atoms with E-state index in [-0.39, 0.29) is 0 Å². The number of aryl methyl sites for hydroxylation is 1. The summed E-state index contributed by atoms with van der Waals surface area (Å²) >= 11 is 0. The Kier molecular flexibility index (Phi) is 2.61. The molecular weight excluding hydrogens is 200 g/mol. The summed E-state index contributed by atoms with van der Waals surface area (Å²) in [5.74, 6) is 0. The average Bonchev–Trinajstić information content (AvgIpc) is 2.67. The molecule has 2 aromatic rings. The zero-order chi connectivity index (χ0) is 11.5. The second-order valence-corrected chi connectivity index (χ2v) is 3.72. The van der Waals surface area contributed by atoms with Crippen LogP contribution in [0.15, 0.2) is 30.6 Å². The van der Waals surface area contributed by atoms with E-state index in [1.54, 1.807) is 17.1 Å². The molecule has 0 atom stereocenters. The molecule has 2 N–H and O–H groups in total. The van der Waals surface area contributed by atoms with Gasteiger partial charge in [0.25, 0.3) is 0 Å². The summed E-state index contributed by atoms with van der Waals surface area (Å²) < 4.78 is 1.78. The summed E-state index contributed by atoms with van der Waals surface area (Å²) in [5, 5.41) is 12.9. The number of hydrogen-bond acceptors (Lipinski definition) is 3. The van der Waals surface area contributed by atoms with Gasteiger partial charge < -0.3 is 5.73 Å². The maximum Gasteiger partial charge on any atom is 0.0991 e. The normalized spacial score (nSPS) is 10.0. The van der Waals surface area contributed by atoms with Crippen molar-refractivity contribution in [3.8, 4) is 6.07 Å². The van der Waals surface area contributed by atoms with Crippen molar-refractivity contribution in [2.75, 3.05) is 5.73 Å². The van der Waals surface area contributed by atoms with Crippen LogP contribution >= 0.6 is 0 Å². The molecule has 0 aliphatic heterocycles. The maximum absolute atomic E-state index is 8.76. The third-order valence-corrected chi connectivity index (χ3v) is 2.46. The highest BCUT2D eigenvalue weighted by Crippen LogP contribution is 2.12. The minimum Gasteiger partial charge on any atom is -0.396 e. The Labute approximate surface area is 93.9 Å². The van der Waals surface area contributed by atoms with Gasteiger partial charge in [0.1, 0.15) is 0 Å². The molecule has 0 aliphatic carbocycles. The van der Waals surface area contributed by atoms with Crippen LogP contribution in [-0.4, -0.2) is 9.78 Å². The first kappa shape index (κ1) is 10.2. The minimum atomic E-state index is 0.659. The molecule has 0 spiro atoms. The van der Waals surface area contributed by atoms with Gasteiger partial charge in [0.15, 0.2) is 0 Å². The van der Waals surface area contributed by atoms with Crippen molar-refractivity contribution in [3.05, 3.63) is 47.3 Å². The molecule has 0 unspecified atom stereocenters. The maximum atomic E-state index is 8.76. The van der Waals surface area contributed by atoms with E-state index in [4.69, 9.17) is 11.0 Å². The number of hydrogen-bond donors (Lipinski definition) is 1. The van der Waals surface area contributed by atoms with Crippen molar-refractivity contribution in [2.45, 2.75) is 13.5 Å². The molecule has 1 aromatic carbocycles. The van der Waals surface area contributed by atoms with Gasteiger partial charge in [-0.2, -0.15) is 10.4 Å². The van der Waals surface area contributed by atoms with Crippen LogP contribution in [0.25, 0.3) is 0 Å². The summed E-state index contributed by atoms with van der Waals surface area (Å²) in [4.78, 5) is 0. The fourth-order valence-electron chi connectivity index (χ4n) is 1.58. The van der Waals surface area contributed by atoms with E-state index >= 15 is 0 Å². The van der Waals surface area contributed by atoms with Crippen LogP contribution in [0.5, 0.6) is 0 Å². The van der Waals surface area contributed by atoms with Gasteiger partial charge in [0, 0.05) is 6.20 Å². The van der Waals surface area contributed by atoms with Crippen LogP contribution in [0, 0.1) is 18.3 Å². The number of nitrogen functional groups attached to an aromatic ring is 1. The highest BCUT2D eigenvalue weighted by molar-refractivity contribution is 5.38.